The molecule has 1 aromatic carbocycles. The van der Waals surface area contributed by atoms with Crippen LogP contribution in [0.1, 0.15) is 31.1 Å². The fourth-order valence-corrected chi connectivity index (χ4v) is 2.29. The van der Waals surface area contributed by atoms with E-state index in [4.69, 9.17) is 5.11 Å². The molecule has 0 atom stereocenters. The van der Waals surface area contributed by atoms with Gasteiger partial charge in [0.15, 0.2) is 5.82 Å². The van der Waals surface area contributed by atoms with E-state index in [2.05, 4.69) is 29.8 Å². The van der Waals surface area contributed by atoms with Gasteiger partial charge in [-0.25, -0.2) is 9.18 Å². The summed E-state index contributed by atoms with van der Waals surface area (Å²) in [6.45, 7) is 7.46. The Labute approximate surface area is 115 Å². The third-order valence-corrected chi connectivity index (χ3v) is 3.38. The van der Waals surface area contributed by atoms with Gasteiger partial charge in [0.25, 0.3) is 0 Å². The van der Waals surface area contributed by atoms with Crippen molar-refractivity contribution >= 4 is 27.6 Å². The number of nitrogens with zero attached hydrogens (tertiary/aromatic N) is 1. The Morgan fingerprint density at radius 3 is 2.56 bits per heavy atom. The summed E-state index contributed by atoms with van der Waals surface area (Å²) in [6.07, 6.45) is 0. The molecule has 0 saturated heterocycles. The van der Waals surface area contributed by atoms with Crippen LogP contribution in [0, 0.1) is 11.7 Å². The summed E-state index contributed by atoms with van der Waals surface area (Å²) < 4.78 is 14.2. The zero-order valence-electron chi connectivity index (χ0n) is 10.7. The van der Waals surface area contributed by atoms with Gasteiger partial charge in [-0.2, -0.15) is 0 Å². The molecular weight excluding hydrogens is 301 g/mol. The SMILES string of the molecule is CCN(CC(C)C)c1ccc(C(=O)O)c(Br)c1F. The number of halogens is 2. The molecule has 0 bridgehead atoms. The summed E-state index contributed by atoms with van der Waals surface area (Å²) in [5.74, 6) is -1.25. The molecule has 0 saturated carbocycles. The Morgan fingerprint density at radius 1 is 1.50 bits per heavy atom. The van der Waals surface area contributed by atoms with Gasteiger partial charge in [-0.05, 0) is 40.9 Å². The summed E-state index contributed by atoms with van der Waals surface area (Å²) in [5, 5.41) is 8.91. The quantitative estimate of drug-likeness (QED) is 0.898. The number of rotatable bonds is 5. The smallest absolute Gasteiger partial charge is 0.336 e. The van der Waals surface area contributed by atoms with Crippen molar-refractivity contribution in [2.45, 2.75) is 20.8 Å². The van der Waals surface area contributed by atoms with Gasteiger partial charge in [-0.15, -0.1) is 0 Å². The standard InChI is InChI=1S/C13H17BrFNO2/c1-4-16(7-8(2)3)10-6-5-9(13(17)18)11(14)12(10)15/h5-6,8H,4,7H2,1-3H3,(H,17,18). The van der Waals surface area contributed by atoms with E-state index in [1.807, 2.05) is 11.8 Å². The monoisotopic (exact) mass is 317 g/mol. The molecule has 3 nitrogen and oxygen atoms in total. The lowest BCUT2D eigenvalue weighted by Crippen LogP contribution is -2.28. The van der Waals surface area contributed by atoms with Crippen molar-refractivity contribution in [2.75, 3.05) is 18.0 Å². The third-order valence-electron chi connectivity index (χ3n) is 2.60. The lowest BCUT2D eigenvalue weighted by Gasteiger charge is -2.26. The predicted octanol–water partition coefficient (Wildman–Crippen LogP) is 3.77. The van der Waals surface area contributed by atoms with Gasteiger partial charge in [-0.3, -0.25) is 0 Å². The highest BCUT2D eigenvalue weighted by Gasteiger charge is 2.19. The van der Waals surface area contributed by atoms with E-state index in [-0.39, 0.29) is 10.0 Å². The van der Waals surface area contributed by atoms with Crippen LogP contribution in [-0.2, 0) is 0 Å². The number of carbonyl (C=O) groups is 1. The van der Waals surface area contributed by atoms with Crippen LogP contribution < -0.4 is 4.90 Å². The molecule has 0 radical (unpaired) electrons. The van der Waals surface area contributed by atoms with Gasteiger partial charge in [0.2, 0.25) is 0 Å². The summed E-state index contributed by atoms with van der Waals surface area (Å²) in [7, 11) is 0. The molecule has 1 N–H and O–H groups in total. The minimum atomic E-state index is -1.14. The first-order chi connectivity index (χ1) is 8.38. The highest BCUT2D eigenvalue weighted by atomic mass is 79.9. The number of carboxylic acid groups (broad SMARTS) is 1. The Kier molecular flexibility index (Phi) is 5.14. The van der Waals surface area contributed by atoms with Crippen LogP contribution in [0.5, 0.6) is 0 Å². The Balaban J connectivity index is 3.18. The Morgan fingerprint density at radius 2 is 2.11 bits per heavy atom. The van der Waals surface area contributed by atoms with Gasteiger partial charge in [0, 0.05) is 13.1 Å². The normalized spacial score (nSPS) is 10.8. The molecule has 0 heterocycles. The van der Waals surface area contributed by atoms with Crippen molar-refractivity contribution in [1.29, 1.82) is 0 Å². The molecule has 0 spiro atoms. The maximum Gasteiger partial charge on any atom is 0.336 e. The van der Waals surface area contributed by atoms with Crippen molar-refractivity contribution in [3.63, 3.8) is 0 Å². The van der Waals surface area contributed by atoms with Crippen molar-refractivity contribution < 1.29 is 14.3 Å². The molecule has 5 heteroatoms. The molecule has 0 amide bonds. The molecule has 1 rings (SSSR count). The fraction of sp³-hybridized carbons (Fsp3) is 0.462. The second-order valence-electron chi connectivity index (χ2n) is 4.50. The zero-order chi connectivity index (χ0) is 13.9. The van der Waals surface area contributed by atoms with Crippen molar-refractivity contribution in [2.24, 2.45) is 5.92 Å². The van der Waals surface area contributed by atoms with Crippen molar-refractivity contribution in [3.8, 4) is 0 Å². The molecule has 0 unspecified atom stereocenters. The maximum atomic E-state index is 14.2. The van der Waals surface area contributed by atoms with E-state index in [0.717, 1.165) is 6.54 Å². The lowest BCUT2D eigenvalue weighted by molar-refractivity contribution is 0.0695. The zero-order valence-corrected chi connectivity index (χ0v) is 12.3. The molecule has 1 aromatic rings. The molecule has 18 heavy (non-hydrogen) atoms. The van der Waals surface area contributed by atoms with Crippen LogP contribution in [0.2, 0.25) is 0 Å². The average Bonchev–Trinajstić information content (AvgIpc) is 2.29. The van der Waals surface area contributed by atoms with Crippen molar-refractivity contribution in [3.05, 3.63) is 28.0 Å². The highest BCUT2D eigenvalue weighted by molar-refractivity contribution is 9.10. The van der Waals surface area contributed by atoms with E-state index in [0.29, 0.717) is 18.2 Å². The molecule has 0 aliphatic rings. The second-order valence-corrected chi connectivity index (χ2v) is 5.29. The van der Waals surface area contributed by atoms with E-state index >= 15 is 0 Å². The van der Waals surface area contributed by atoms with Gasteiger partial charge >= 0.3 is 5.97 Å². The third kappa shape index (κ3) is 3.22. The summed E-state index contributed by atoms with van der Waals surface area (Å²) >= 11 is 3.01. The highest BCUT2D eigenvalue weighted by Crippen LogP contribution is 2.29. The van der Waals surface area contributed by atoms with Crippen LogP contribution in [0.4, 0.5) is 10.1 Å². The molecule has 100 valence electrons. The van der Waals surface area contributed by atoms with Crippen LogP contribution >= 0.6 is 15.9 Å². The molecular formula is C13H17BrFNO2. The average molecular weight is 318 g/mol. The number of anilines is 1. The number of hydrogen-bond donors (Lipinski definition) is 1. The summed E-state index contributed by atoms with van der Waals surface area (Å²) in [5.41, 5.74) is 0.375. The maximum absolute atomic E-state index is 14.2. The first-order valence-corrected chi connectivity index (χ1v) is 6.64. The van der Waals surface area contributed by atoms with Crippen molar-refractivity contribution in [1.82, 2.24) is 0 Å². The van der Waals surface area contributed by atoms with Gasteiger partial charge < -0.3 is 10.0 Å². The van der Waals surface area contributed by atoms with Crippen LogP contribution in [-0.4, -0.2) is 24.2 Å². The minimum Gasteiger partial charge on any atom is -0.478 e. The van der Waals surface area contributed by atoms with Gasteiger partial charge in [-0.1, -0.05) is 13.8 Å². The second kappa shape index (κ2) is 6.18. The number of aromatic carboxylic acids is 1. The van der Waals surface area contributed by atoms with Crippen LogP contribution in [0.3, 0.4) is 0 Å². The number of benzene rings is 1. The first kappa shape index (κ1) is 15.0. The largest absolute Gasteiger partial charge is 0.478 e. The number of hydrogen-bond acceptors (Lipinski definition) is 2. The molecule has 0 fully saturated rings. The van der Waals surface area contributed by atoms with Crippen LogP contribution in [0.25, 0.3) is 0 Å². The fourth-order valence-electron chi connectivity index (χ4n) is 1.79. The Hall–Kier alpha value is -1.10. The van der Waals surface area contributed by atoms with E-state index < -0.39 is 11.8 Å². The molecule has 0 aliphatic heterocycles. The molecule has 0 aliphatic carbocycles. The number of carboxylic acids is 1. The Bertz CT molecular complexity index is 449. The summed E-state index contributed by atoms with van der Waals surface area (Å²) in [6, 6.07) is 2.95. The lowest BCUT2D eigenvalue weighted by atomic mass is 10.1. The van der Waals surface area contributed by atoms with Crippen LogP contribution in [0.15, 0.2) is 16.6 Å². The van der Waals surface area contributed by atoms with Gasteiger partial charge in [0.05, 0.1) is 15.7 Å². The summed E-state index contributed by atoms with van der Waals surface area (Å²) in [4.78, 5) is 12.8. The van der Waals surface area contributed by atoms with Gasteiger partial charge in [0.1, 0.15) is 0 Å². The minimum absolute atomic E-state index is 0.00899. The van der Waals surface area contributed by atoms with E-state index in [1.165, 1.54) is 12.1 Å². The topological polar surface area (TPSA) is 40.5 Å². The van der Waals surface area contributed by atoms with E-state index in [9.17, 15) is 9.18 Å². The molecule has 0 aromatic heterocycles. The first-order valence-electron chi connectivity index (χ1n) is 5.84. The van der Waals surface area contributed by atoms with E-state index in [1.54, 1.807) is 0 Å². The predicted molar refractivity (Wildman–Crippen MR) is 73.8 cm³/mol.